The van der Waals surface area contributed by atoms with E-state index in [1.807, 2.05) is 50.4 Å². The van der Waals surface area contributed by atoms with Crippen LogP contribution in [0.5, 0.6) is 5.75 Å². The third kappa shape index (κ3) is 4.95. The van der Waals surface area contributed by atoms with Crippen molar-refractivity contribution in [3.63, 3.8) is 0 Å². The summed E-state index contributed by atoms with van der Waals surface area (Å²) in [5.74, 6) is 0.881. The quantitative estimate of drug-likeness (QED) is 0.424. The standard InChI is InChI=1S/C23H30N4O3S/c1-14(2)12-27-22(29)21-19(25-23(27)31-6)10-15(3)26(21)13-20(28)24-16(4)17-8-7-9-18(11-17)30-5/h7-11,14,16H,12-13H2,1-6H3,(H,24,28)/t16-/m0/s1. The van der Waals surface area contributed by atoms with E-state index in [9.17, 15) is 9.59 Å². The fraction of sp³-hybridized carbons (Fsp3) is 0.435. The Kier molecular flexibility index (Phi) is 7.10. The van der Waals surface area contributed by atoms with Crippen molar-refractivity contribution < 1.29 is 9.53 Å². The molecule has 1 aromatic carbocycles. The van der Waals surface area contributed by atoms with Crippen LogP contribution in [0.4, 0.5) is 0 Å². The average molecular weight is 443 g/mol. The molecule has 3 aromatic rings. The molecule has 8 heteroatoms. The van der Waals surface area contributed by atoms with E-state index in [0.29, 0.717) is 28.7 Å². The van der Waals surface area contributed by atoms with E-state index in [1.165, 1.54) is 11.8 Å². The molecule has 0 bridgehead atoms. The first kappa shape index (κ1) is 22.9. The molecule has 1 atom stereocenters. The smallest absolute Gasteiger partial charge is 0.278 e. The molecule has 7 nitrogen and oxygen atoms in total. The molecule has 0 radical (unpaired) electrons. The maximum atomic E-state index is 13.3. The van der Waals surface area contributed by atoms with Crippen LogP contribution in [0, 0.1) is 12.8 Å². The Morgan fingerprint density at radius 3 is 2.61 bits per heavy atom. The Morgan fingerprint density at radius 2 is 1.97 bits per heavy atom. The predicted octanol–water partition coefficient (Wildman–Crippen LogP) is 3.77. The Labute approximate surface area is 186 Å². The topological polar surface area (TPSA) is 78.2 Å². The van der Waals surface area contributed by atoms with Crippen LogP contribution < -0.4 is 15.6 Å². The van der Waals surface area contributed by atoms with Crippen molar-refractivity contribution in [3.05, 3.63) is 51.9 Å². The number of ether oxygens (including phenoxy) is 1. The summed E-state index contributed by atoms with van der Waals surface area (Å²) in [4.78, 5) is 30.8. The van der Waals surface area contributed by atoms with E-state index in [2.05, 4.69) is 24.1 Å². The fourth-order valence-electron chi connectivity index (χ4n) is 3.66. The highest BCUT2D eigenvalue weighted by molar-refractivity contribution is 7.98. The lowest BCUT2D eigenvalue weighted by Gasteiger charge is -2.17. The van der Waals surface area contributed by atoms with Crippen LogP contribution in [0.3, 0.4) is 0 Å². The molecule has 2 heterocycles. The number of amides is 1. The highest BCUT2D eigenvalue weighted by Crippen LogP contribution is 2.21. The summed E-state index contributed by atoms with van der Waals surface area (Å²) in [6.07, 6.45) is 1.92. The number of hydrogen-bond donors (Lipinski definition) is 1. The summed E-state index contributed by atoms with van der Waals surface area (Å²) < 4.78 is 8.74. The maximum absolute atomic E-state index is 13.3. The van der Waals surface area contributed by atoms with Gasteiger partial charge in [0.1, 0.15) is 17.8 Å². The van der Waals surface area contributed by atoms with Crippen molar-refractivity contribution in [1.82, 2.24) is 19.4 Å². The van der Waals surface area contributed by atoms with Crippen molar-refractivity contribution in [3.8, 4) is 5.75 Å². The summed E-state index contributed by atoms with van der Waals surface area (Å²) >= 11 is 1.46. The van der Waals surface area contributed by atoms with Gasteiger partial charge in [0.05, 0.1) is 18.7 Å². The lowest BCUT2D eigenvalue weighted by Crippen LogP contribution is -2.32. The number of nitrogens with one attached hydrogen (secondary N) is 1. The van der Waals surface area contributed by atoms with Crippen molar-refractivity contribution in [2.45, 2.75) is 52.0 Å². The van der Waals surface area contributed by atoms with Gasteiger partial charge in [-0.15, -0.1) is 0 Å². The molecule has 0 saturated heterocycles. The SMILES string of the molecule is COc1cccc([C@H](C)NC(=O)Cn2c(C)cc3nc(SC)n(CC(C)C)c(=O)c32)c1. The minimum atomic E-state index is -0.191. The number of aromatic nitrogens is 3. The number of carbonyl (C=O) groups is 1. The first-order chi connectivity index (χ1) is 14.7. The normalized spacial score (nSPS) is 12.4. The third-order valence-corrected chi connectivity index (χ3v) is 5.86. The summed E-state index contributed by atoms with van der Waals surface area (Å²) in [6, 6.07) is 9.29. The fourth-order valence-corrected chi connectivity index (χ4v) is 4.23. The van der Waals surface area contributed by atoms with Gasteiger partial charge in [0, 0.05) is 12.2 Å². The van der Waals surface area contributed by atoms with Gasteiger partial charge >= 0.3 is 0 Å². The van der Waals surface area contributed by atoms with Gasteiger partial charge in [-0.05, 0) is 49.8 Å². The van der Waals surface area contributed by atoms with Crippen molar-refractivity contribution in [2.75, 3.05) is 13.4 Å². The summed E-state index contributed by atoms with van der Waals surface area (Å²) in [5, 5.41) is 3.71. The van der Waals surface area contributed by atoms with Gasteiger partial charge in [0.25, 0.3) is 5.56 Å². The average Bonchev–Trinajstić information content (AvgIpc) is 3.04. The molecule has 0 aliphatic carbocycles. The van der Waals surface area contributed by atoms with Gasteiger partial charge in [-0.25, -0.2) is 4.98 Å². The summed E-state index contributed by atoms with van der Waals surface area (Å²) in [5.41, 5.74) is 2.77. The Bertz CT molecular complexity index is 1150. The second kappa shape index (κ2) is 9.60. The zero-order valence-corrected chi connectivity index (χ0v) is 19.7. The largest absolute Gasteiger partial charge is 0.497 e. The monoisotopic (exact) mass is 442 g/mol. The number of hydrogen-bond acceptors (Lipinski definition) is 5. The molecule has 166 valence electrons. The zero-order valence-electron chi connectivity index (χ0n) is 18.9. The second-order valence-corrected chi connectivity index (χ2v) is 8.85. The molecular formula is C23H30N4O3S. The molecular weight excluding hydrogens is 412 g/mol. The lowest BCUT2D eigenvalue weighted by molar-refractivity contribution is -0.122. The molecule has 3 rings (SSSR count). The van der Waals surface area contributed by atoms with Gasteiger partial charge in [-0.1, -0.05) is 37.7 Å². The summed E-state index contributed by atoms with van der Waals surface area (Å²) in [6.45, 7) is 8.60. The van der Waals surface area contributed by atoms with Gasteiger partial charge in [0.15, 0.2) is 5.16 Å². The van der Waals surface area contributed by atoms with E-state index in [-0.39, 0.29) is 24.1 Å². The number of methoxy groups -OCH3 is 1. The minimum absolute atomic E-state index is 0.0564. The van der Waals surface area contributed by atoms with Crippen LogP contribution in [0.1, 0.15) is 38.1 Å². The molecule has 1 N–H and O–H groups in total. The van der Waals surface area contributed by atoms with E-state index >= 15 is 0 Å². The molecule has 0 unspecified atom stereocenters. The van der Waals surface area contributed by atoms with Crippen molar-refractivity contribution in [1.29, 1.82) is 0 Å². The number of rotatable bonds is 8. The van der Waals surface area contributed by atoms with E-state index in [0.717, 1.165) is 17.0 Å². The van der Waals surface area contributed by atoms with Crippen LogP contribution in [0.25, 0.3) is 11.0 Å². The number of fused-ring (bicyclic) bond motifs is 1. The number of aryl methyl sites for hydroxylation is 1. The molecule has 0 spiro atoms. The van der Waals surface area contributed by atoms with Crippen molar-refractivity contribution in [2.24, 2.45) is 5.92 Å². The Balaban J connectivity index is 1.90. The van der Waals surface area contributed by atoms with Crippen LogP contribution in [0.15, 0.2) is 40.3 Å². The molecule has 0 saturated carbocycles. The van der Waals surface area contributed by atoms with E-state index in [4.69, 9.17) is 4.74 Å². The Hall–Kier alpha value is -2.74. The molecule has 2 aromatic heterocycles. The Morgan fingerprint density at radius 1 is 1.23 bits per heavy atom. The second-order valence-electron chi connectivity index (χ2n) is 8.08. The number of carbonyl (C=O) groups excluding carboxylic acids is 1. The first-order valence-corrected chi connectivity index (χ1v) is 11.6. The van der Waals surface area contributed by atoms with Crippen LogP contribution in [0.2, 0.25) is 0 Å². The number of nitrogens with zero attached hydrogens (tertiary/aromatic N) is 3. The van der Waals surface area contributed by atoms with Crippen LogP contribution >= 0.6 is 11.8 Å². The van der Waals surface area contributed by atoms with Crippen molar-refractivity contribution >= 4 is 28.7 Å². The molecule has 0 aliphatic heterocycles. The van der Waals surface area contributed by atoms with Gasteiger partial charge in [-0.3, -0.25) is 14.2 Å². The van der Waals surface area contributed by atoms with Crippen LogP contribution in [-0.2, 0) is 17.9 Å². The zero-order chi connectivity index (χ0) is 22.7. The molecule has 31 heavy (non-hydrogen) atoms. The minimum Gasteiger partial charge on any atom is -0.497 e. The third-order valence-electron chi connectivity index (χ3n) is 5.18. The van der Waals surface area contributed by atoms with Crippen LogP contribution in [-0.4, -0.2) is 33.4 Å². The lowest BCUT2D eigenvalue weighted by atomic mass is 10.1. The van der Waals surface area contributed by atoms with E-state index < -0.39 is 0 Å². The highest BCUT2D eigenvalue weighted by atomic mass is 32.2. The van der Waals surface area contributed by atoms with Gasteiger partial charge in [0.2, 0.25) is 5.91 Å². The summed E-state index contributed by atoms with van der Waals surface area (Å²) in [7, 11) is 1.62. The molecule has 0 fully saturated rings. The number of benzene rings is 1. The first-order valence-electron chi connectivity index (χ1n) is 10.3. The van der Waals surface area contributed by atoms with E-state index in [1.54, 1.807) is 16.2 Å². The highest BCUT2D eigenvalue weighted by Gasteiger charge is 2.19. The molecule has 0 aliphatic rings. The van der Waals surface area contributed by atoms with Gasteiger partial charge in [-0.2, -0.15) is 0 Å². The predicted molar refractivity (Wildman–Crippen MR) is 125 cm³/mol. The maximum Gasteiger partial charge on any atom is 0.278 e. The number of thioether (sulfide) groups is 1. The molecule has 1 amide bonds. The van der Waals surface area contributed by atoms with Gasteiger partial charge < -0.3 is 14.6 Å².